The highest BCUT2D eigenvalue weighted by Crippen LogP contribution is 2.47. The van der Waals surface area contributed by atoms with Crippen LogP contribution in [0.4, 0.5) is 0 Å². The van der Waals surface area contributed by atoms with Crippen molar-refractivity contribution in [1.29, 1.82) is 0 Å². The van der Waals surface area contributed by atoms with E-state index in [1.807, 2.05) is 0 Å². The molecule has 5 heteroatoms. The molecule has 2 atom stereocenters. The molecule has 0 amide bonds. The van der Waals surface area contributed by atoms with Gasteiger partial charge in [-0.1, -0.05) is 0 Å². The highest BCUT2D eigenvalue weighted by molar-refractivity contribution is 8.16. The Morgan fingerprint density at radius 3 is 2.17 bits per heavy atom. The van der Waals surface area contributed by atoms with Crippen molar-refractivity contribution in [1.82, 2.24) is 0 Å². The fourth-order valence-corrected chi connectivity index (χ4v) is 0.285. The van der Waals surface area contributed by atoms with Crippen molar-refractivity contribution in [2.75, 3.05) is 6.35 Å². The van der Waals surface area contributed by atoms with Crippen LogP contribution in [0.25, 0.3) is 0 Å². The van der Waals surface area contributed by atoms with Crippen molar-refractivity contribution in [3.63, 3.8) is 0 Å². The van der Waals surface area contributed by atoms with E-state index in [9.17, 15) is 0 Å². The molecule has 0 radical (unpaired) electrons. The van der Waals surface area contributed by atoms with E-state index in [0.29, 0.717) is 0 Å². The summed E-state index contributed by atoms with van der Waals surface area (Å²) in [5.41, 5.74) is 0. The Hall–Kier alpha value is 0.740. The SMILES string of the molecule is OCP(O)PO. The van der Waals surface area contributed by atoms with Gasteiger partial charge in [-0.05, 0) is 0 Å². The van der Waals surface area contributed by atoms with Gasteiger partial charge in [0.25, 0.3) is 0 Å². The number of aliphatic hydroxyl groups excluding tert-OH is 1. The predicted molar refractivity (Wildman–Crippen MR) is 26.8 cm³/mol. The monoisotopic (exact) mass is 128 g/mol. The zero-order chi connectivity index (χ0) is 4.99. The fraction of sp³-hybridized carbons (Fsp3) is 1.00. The molecule has 2 unspecified atom stereocenters. The molecule has 0 aromatic carbocycles. The van der Waals surface area contributed by atoms with Crippen LogP contribution in [0.1, 0.15) is 0 Å². The fourth-order valence-electron chi connectivity index (χ4n) is 0.0316. The van der Waals surface area contributed by atoms with E-state index >= 15 is 0 Å². The maximum atomic E-state index is 8.24. The van der Waals surface area contributed by atoms with E-state index in [4.69, 9.17) is 14.9 Å². The number of hydrogen-bond donors (Lipinski definition) is 3. The van der Waals surface area contributed by atoms with Crippen molar-refractivity contribution in [2.24, 2.45) is 0 Å². The molecular weight excluding hydrogens is 122 g/mol. The first-order chi connectivity index (χ1) is 2.81. The van der Waals surface area contributed by atoms with Crippen molar-refractivity contribution < 1.29 is 14.9 Å². The Balaban J connectivity index is 2.75. The molecule has 0 aliphatic rings. The number of rotatable bonds is 2. The standard InChI is InChI=1S/CH6O3P2/c2-1-6(4)5-3/h2-5H,1H2. The Kier molecular flexibility index (Phi) is 4.40. The lowest BCUT2D eigenvalue weighted by Crippen LogP contribution is -1.69. The zero-order valence-electron chi connectivity index (χ0n) is 3.00. The molecule has 6 heavy (non-hydrogen) atoms. The summed E-state index contributed by atoms with van der Waals surface area (Å²) in [5.74, 6) is 0. The largest absolute Gasteiger partial charge is 0.389 e. The van der Waals surface area contributed by atoms with E-state index in [1.165, 1.54) is 0 Å². The van der Waals surface area contributed by atoms with Gasteiger partial charge in [0.15, 0.2) is 0 Å². The topological polar surface area (TPSA) is 60.7 Å². The van der Waals surface area contributed by atoms with Gasteiger partial charge in [0.05, 0.1) is 22.7 Å². The Labute approximate surface area is 38.6 Å². The van der Waals surface area contributed by atoms with Gasteiger partial charge >= 0.3 is 0 Å². The summed E-state index contributed by atoms with van der Waals surface area (Å²) in [6, 6.07) is 0. The van der Waals surface area contributed by atoms with Crippen LogP contribution in [0.15, 0.2) is 0 Å². The molecule has 0 aliphatic heterocycles. The molecule has 0 rings (SSSR count). The van der Waals surface area contributed by atoms with Gasteiger partial charge < -0.3 is 14.9 Å². The predicted octanol–water partition coefficient (Wildman–Crippen LogP) is -0.174. The average Bonchev–Trinajstić information content (AvgIpc) is 1.65. The zero-order valence-corrected chi connectivity index (χ0v) is 4.89. The Morgan fingerprint density at radius 1 is 1.67 bits per heavy atom. The first-order valence-electron chi connectivity index (χ1n) is 1.28. The van der Waals surface area contributed by atoms with Crippen molar-refractivity contribution in [3.05, 3.63) is 0 Å². The van der Waals surface area contributed by atoms with Crippen LogP contribution in [0.5, 0.6) is 0 Å². The minimum Gasteiger partial charge on any atom is -0.389 e. The van der Waals surface area contributed by atoms with E-state index in [-0.39, 0.29) is 6.35 Å². The highest BCUT2D eigenvalue weighted by atomic mass is 32.1. The molecule has 0 saturated carbocycles. The summed E-state index contributed by atoms with van der Waals surface area (Å²) in [6.45, 7) is 0. The number of hydrogen-bond acceptors (Lipinski definition) is 3. The van der Waals surface area contributed by atoms with Crippen LogP contribution in [-0.2, 0) is 0 Å². The van der Waals surface area contributed by atoms with Crippen LogP contribution in [0.2, 0.25) is 0 Å². The molecule has 0 saturated heterocycles. The molecule has 0 heterocycles. The molecule has 38 valence electrons. The lowest BCUT2D eigenvalue weighted by molar-refractivity contribution is 0.360. The third kappa shape index (κ3) is 2.95. The van der Waals surface area contributed by atoms with Crippen LogP contribution in [0, 0.1) is 0 Å². The lowest BCUT2D eigenvalue weighted by atomic mass is 11.7. The number of aliphatic hydroxyl groups is 1. The average molecular weight is 128 g/mol. The molecule has 0 bridgehead atoms. The minimum atomic E-state index is -1.44. The molecular formula is CH6O3P2. The first-order valence-corrected chi connectivity index (χ1v) is 4.55. The van der Waals surface area contributed by atoms with E-state index in [1.54, 1.807) is 0 Å². The van der Waals surface area contributed by atoms with Crippen LogP contribution < -0.4 is 0 Å². The summed E-state index contributed by atoms with van der Waals surface area (Å²) >= 11 is 0. The minimum absolute atomic E-state index is 0.287. The second-order valence-corrected chi connectivity index (χ2v) is 4.07. The Bertz CT molecular complexity index is 28.0. The van der Waals surface area contributed by atoms with E-state index in [2.05, 4.69) is 0 Å². The highest BCUT2D eigenvalue weighted by Gasteiger charge is 1.94. The van der Waals surface area contributed by atoms with Crippen LogP contribution in [-0.4, -0.2) is 21.2 Å². The van der Waals surface area contributed by atoms with E-state index in [0.717, 1.165) is 0 Å². The molecule has 0 fully saturated rings. The van der Waals surface area contributed by atoms with Crippen molar-refractivity contribution in [3.8, 4) is 0 Å². The second kappa shape index (κ2) is 3.91. The van der Waals surface area contributed by atoms with Gasteiger partial charge in [0.2, 0.25) is 0 Å². The van der Waals surface area contributed by atoms with Crippen LogP contribution in [0.3, 0.4) is 0 Å². The molecule has 3 nitrogen and oxygen atoms in total. The molecule has 0 aromatic heterocycles. The van der Waals surface area contributed by atoms with Gasteiger partial charge in [0.1, 0.15) is 0 Å². The smallest absolute Gasteiger partial charge is 0.1000 e. The molecule has 0 aliphatic carbocycles. The summed E-state index contributed by atoms with van der Waals surface area (Å²) < 4.78 is 0. The summed E-state index contributed by atoms with van der Waals surface area (Å²) in [5, 5.41) is 7.96. The third-order valence-electron chi connectivity index (χ3n) is 0.249. The first kappa shape index (κ1) is 6.74. The van der Waals surface area contributed by atoms with Gasteiger partial charge in [0, 0.05) is 0 Å². The maximum Gasteiger partial charge on any atom is 0.1000 e. The summed E-state index contributed by atoms with van der Waals surface area (Å²) in [7, 11) is -1.94. The third-order valence-corrected chi connectivity index (χ3v) is 1.87. The maximum absolute atomic E-state index is 8.24. The van der Waals surface area contributed by atoms with Gasteiger partial charge in [-0.15, -0.1) is 0 Å². The van der Waals surface area contributed by atoms with Crippen molar-refractivity contribution >= 4 is 16.3 Å². The van der Waals surface area contributed by atoms with Gasteiger partial charge in [-0.3, -0.25) is 0 Å². The van der Waals surface area contributed by atoms with Crippen LogP contribution >= 0.6 is 16.3 Å². The summed E-state index contributed by atoms with van der Waals surface area (Å²) in [6.07, 6.45) is -0.287. The van der Waals surface area contributed by atoms with Gasteiger partial charge in [-0.2, -0.15) is 0 Å². The normalized spacial score (nSPS) is 16.5. The van der Waals surface area contributed by atoms with Gasteiger partial charge in [-0.25, -0.2) is 0 Å². The molecule has 3 N–H and O–H groups in total. The van der Waals surface area contributed by atoms with E-state index < -0.39 is 16.3 Å². The van der Waals surface area contributed by atoms with Crippen molar-refractivity contribution in [2.45, 2.75) is 0 Å². The second-order valence-electron chi connectivity index (χ2n) is 0.641. The molecule has 0 aromatic rings. The summed E-state index contributed by atoms with van der Waals surface area (Å²) in [4.78, 5) is 16.2. The lowest BCUT2D eigenvalue weighted by Gasteiger charge is -1.96. The quantitative estimate of drug-likeness (QED) is 0.452. The molecule has 0 spiro atoms. The Morgan fingerprint density at radius 2 is 2.17 bits per heavy atom.